The van der Waals surface area contributed by atoms with Crippen molar-refractivity contribution in [3.8, 4) is 16.9 Å². The first-order valence-electron chi connectivity index (χ1n) is 8.74. The quantitative estimate of drug-likeness (QED) is 0.402. The van der Waals surface area contributed by atoms with Gasteiger partial charge in [0.15, 0.2) is 0 Å². The second-order valence-electron chi connectivity index (χ2n) is 6.56. The van der Waals surface area contributed by atoms with Gasteiger partial charge in [-0.1, -0.05) is 24.3 Å². The van der Waals surface area contributed by atoms with Crippen molar-refractivity contribution >= 4 is 11.7 Å². The van der Waals surface area contributed by atoms with Gasteiger partial charge >= 0.3 is 6.03 Å². The maximum Gasteiger partial charge on any atom is 0.352 e. The third-order valence-corrected chi connectivity index (χ3v) is 4.41. The summed E-state index contributed by atoms with van der Waals surface area (Å²) in [7, 11) is 3.32. The van der Waals surface area contributed by atoms with Crippen molar-refractivity contribution in [2.75, 3.05) is 12.1 Å². The lowest BCUT2D eigenvalue weighted by atomic mass is 10.1. The van der Waals surface area contributed by atoms with Gasteiger partial charge in [-0.3, -0.25) is 9.69 Å². The summed E-state index contributed by atoms with van der Waals surface area (Å²) in [5, 5.41) is 6.16. The zero-order chi connectivity index (χ0) is 20.3. The minimum Gasteiger partial charge on any atom is -0.489 e. The molecule has 146 valence electrons. The Morgan fingerprint density at radius 3 is 2.61 bits per heavy atom. The molecule has 0 aliphatic heterocycles. The zero-order valence-electron chi connectivity index (χ0n) is 16.2. The first kappa shape index (κ1) is 19.4. The monoisotopic (exact) mass is 380 g/mol. The van der Waals surface area contributed by atoms with E-state index in [-0.39, 0.29) is 6.61 Å². The van der Waals surface area contributed by atoms with Gasteiger partial charge in [0.25, 0.3) is 0 Å². The van der Waals surface area contributed by atoms with Crippen LogP contribution < -0.4 is 21.4 Å². The molecule has 3 aromatic rings. The standard InChI is InChI=1S/C20H24N6O2/c1-14-6-4-9-19(26(22)20(27)25(3)21)18(14)13-28-17-8-5-7-15(10-17)16-11-23-24(2)12-16/h4-12H,13,21-22H2,1-3H3. The van der Waals surface area contributed by atoms with E-state index in [1.54, 1.807) is 16.9 Å². The number of carbonyl (C=O) groups excluding carboxylic acids is 1. The maximum atomic E-state index is 12.1. The third kappa shape index (κ3) is 4.13. The number of hydrazine groups is 2. The summed E-state index contributed by atoms with van der Waals surface area (Å²) >= 11 is 0. The molecule has 0 spiro atoms. The molecule has 0 unspecified atom stereocenters. The van der Waals surface area contributed by atoms with Crippen molar-refractivity contribution in [3.05, 3.63) is 66.0 Å². The molecule has 8 heteroatoms. The van der Waals surface area contributed by atoms with E-state index in [4.69, 9.17) is 16.4 Å². The molecule has 0 saturated carbocycles. The van der Waals surface area contributed by atoms with Gasteiger partial charge in [0.05, 0.1) is 11.9 Å². The lowest BCUT2D eigenvalue weighted by Crippen LogP contribution is -2.49. The molecule has 2 aromatic carbocycles. The highest BCUT2D eigenvalue weighted by Crippen LogP contribution is 2.27. The van der Waals surface area contributed by atoms with Gasteiger partial charge < -0.3 is 4.74 Å². The molecular weight excluding hydrogens is 356 g/mol. The average molecular weight is 380 g/mol. The number of benzene rings is 2. The van der Waals surface area contributed by atoms with Gasteiger partial charge in [-0.2, -0.15) is 5.10 Å². The first-order valence-corrected chi connectivity index (χ1v) is 8.74. The largest absolute Gasteiger partial charge is 0.489 e. The predicted octanol–water partition coefficient (Wildman–Crippen LogP) is 2.58. The number of amides is 2. The molecule has 0 radical (unpaired) electrons. The number of aryl methyl sites for hydroxylation is 2. The molecule has 0 aliphatic carbocycles. The molecular formula is C20H24N6O2. The minimum atomic E-state index is -0.523. The molecule has 28 heavy (non-hydrogen) atoms. The Balaban J connectivity index is 1.83. The second kappa shape index (κ2) is 8.12. The van der Waals surface area contributed by atoms with E-state index in [2.05, 4.69) is 5.10 Å². The fraction of sp³-hybridized carbons (Fsp3) is 0.200. The van der Waals surface area contributed by atoms with Crippen LogP contribution in [-0.4, -0.2) is 27.9 Å². The van der Waals surface area contributed by atoms with Crippen LogP contribution in [0.5, 0.6) is 5.75 Å². The van der Waals surface area contributed by atoms with E-state index >= 15 is 0 Å². The second-order valence-corrected chi connectivity index (χ2v) is 6.56. The smallest absolute Gasteiger partial charge is 0.352 e. The summed E-state index contributed by atoms with van der Waals surface area (Å²) < 4.78 is 7.76. The summed E-state index contributed by atoms with van der Waals surface area (Å²) in [6.07, 6.45) is 3.75. The van der Waals surface area contributed by atoms with Gasteiger partial charge in [-0.15, -0.1) is 0 Å². The summed E-state index contributed by atoms with van der Waals surface area (Å²) in [6.45, 7) is 2.20. The molecule has 1 heterocycles. The van der Waals surface area contributed by atoms with Crippen molar-refractivity contribution in [1.29, 1.82) is 0 Å². The molecule has 0 aliphatic rings. The first-order chi connectivity index (χ1) is 13.4. The lowest BCUT2D eigenvalue weighted by Gasteiger charge is -2.24. The van der Waals surface area contributed by atoms with Crippen LogP contribution in [-0.2, 0) is 13.7 Å². The topological polar surface area (TPSA) is 103 Å². The van der Waals surface area contributed by atoms with Crippen molar-refractivity contribution < 1.29 is 9.53 Å². The number of urea groups is 1. The minimum absolute atomic E-state index is 0.258. The fourth-order valence-electron chi connectivity index (χ4n) is 2.86. The number of nitrogens with zero attached hydrogens (tertiary/aromatic N) is 4. The van der Waals surface area contributed by atoms with Crippen LogP contribution in [0.4, 0.5) is 10.5 Å². The van der Waals surface area contributed by atoms with Crippen LogP contribution in [0.15, 0.2) is 54.9 Å². The number of aromatic nitrogens is 2. The van der Waals surface area contributed by atoms with E-state index in [0.29, 0.717) is 11.4 Å². The molecule has 0 bridgehead atoms. The van der Waals surface area contributed by atoms with Crippen LogP contribution >= 0.6 is 0 Å². The van der Waals surface area contributed by atoms with E-state index in [0.717, 1.165) is 32.3 Å². The van der Waals surface area contributed by atoms with E-state index < -0.39 is 6.03 Å². The lowest BCUT2D eigenvalue weighted by molar-refractivity contribution is 0.216. The number of ether oxygens (including phenoxy) is 1. The van der Waals surface area contributed by atoms with E-state index in [9.17, 15) is 4.79 Å². The van der Waals surface area contributed by atoms with Gasteiger partial charge in [0.1, 0.15) is 12.4 Å². The van der Waals surface area contributed by atoms with Crippen LogP contribution in [0.2, 0.25) is 0 Å². The number of rotatable bonds is 5. The van der Waals surface area contributed by atoms with Gasteiger partial charge in [-0.05, 0) is 36.2 Å². The predicted molar refractivity (Wildman–Crippen MR) is 108 cm³/mol. The fourth-order valence-corrected chi connectivity index (χ4v) is 2.86. The van der Waals surface area contributed by atoms with Crippen LogP contribution in [0, 0.1) is 6.92 Å². The van der Waals surface area contributed by atoms with Gasteiger partial charge in [-0.25, -0.2) is 21.5 Å². The number of nitrogens with two attached hydrogens (primary N) is 2. The van der Waals surface area contributed by atoms with Crippen LogP contribution in [0.25, 0.3) is 11.1 Å². The normalized spacial score (nSPS) is 10.6. The number of anilines is 1. The molecule has 8 nitrogen and oxygen atoms in total. The number of hydrogen-bond acceptors (Lipinski definition) is 5. The van der Waals surface area contributed by atoms with Gasteiger partial charge in [0.2, 0.25) is 0 Å². The molecule has 0 atom stereocenters. The molecule has 0 saturated heterocycles. The Morgan fingerprint density at radius 2 is 1.93 bits per heavy atom. The highest BCUT2D eigenvalue weighted by molar-refractivity contribution is 5.91. The number of hydrogen-bond donors (Lipinski definition) is 2. The van der Waals surface area contributed by atoms with Crippen molar-refractivity contribution in [3.63, 3.8) is 0 Å². The van der Waals surface area contributed by atoms with Crippen molar-refractivity contribution in [1.82, 2.24) is 14.8 Å². The Labute approximate surface area is 163 Å². The van der Waals surface area contributed by atoms with Crippen LogP contribution in [0.1, 0.15) is 11.1 Å². The highest BCUT2D eigenvalue weighted by Gasteiger charge is 2.19. The van der Waals surface area contributed by atoms with Crippen molar-refractivity contribution in [2.24, 2.45) is 18.7 Å². The van der Waals surface area contributed by atoms with Crippen molar-refractivity contribution in [2.45, 2.75) is 13.5 Å². The maximum absolute atomic E-state index is 12.1. The summed E-state index contributed by atoms with van der Waals surface area (Å²) in [6, 6.07) is 12.8. The summed E-state index contributed by atoms with van der Waals surface area (Å²) in [4.78, 5) is 12.1. The molecule has 4 N–H and O–H groups in total. The molecule has 3 rings (SSSR count). The molecule has 2 amide bonds. The summed E-state index contributed by atoms with van der Waals surface area (Å²) in [5.41, 5.74) is 4.34. The van der Waals surface area contributed by atoms with E-state index in [1.165, 1.54) is 7.05 Å². The zero-order valence-corrected chi connectivity index (χ0v) is 16.2. The molecule has 0 fully saturated rings. The summed E-state index contributed by atoms with van der Waals surface area (Å²) in [5.74, 6) is 12.2. The third-order valence-electron chi connectivity index (χ3n) is 4.41. The Hall–Kier alpha value is -3.36. The number of carbonyl (C=O) groups is 1. The molecule has 1 aromatic heterocycles. The Bertz CT molecular complexity index is 982. The SMILES string of the molecule is Cc1cccc(N(N)C(=O)N(C)N)c1COc1cccc(-c2cnn(C)c2)c1. The Morgan fingerprint density at radius 1 is 1.18 bits per heavy atom. The van der Waals surface area contributed by atoms with E-state index in [1.807, 2.05) is 56.6 Å². The van der Waals surface area contributed by atoms with Gasteiger partial charge in [0, 0.05) is 31.4 Å². The van der Waals surface area contributed by atoms with Crippen LogP contribution in [0.3, 0.4) is 0 Å². The Kier molecular flexibility index (Phi) is 5.62. The average Bonchev–Trinajstić information content (AvgIpc) is 3.12. The highest BCUT2D eigenvalue weighted by atomic mass is 16.5.